The Hall–Kier alpha value is -4.24. The molecule has 2 aliphatic carbocycles. The second-order valence-electron chi connectivity index (χ2n) is 14.0. The number of rotatable bonds is 8. The monoisotopic (exact) mass is 676 g/mol. The largest absolute Gasteiger partial charge is 0.444 e. The van der Waals surface area contributed by atoms with Gasteiger partial charge in [0.15, 0.2) is 6.29 Å². The zero-order valence-electron chi connectivity index (χ0n) is 28.6. The molecule has 2 heterocycles. The van der Waals surface area contributed by atoms with Crippen molar-refractivity contribution in [3.05, 3.63) is 99.9 Å². The number of carbonyl (C=O) groups is 2. The van der Waals surface area contributed by atoms with Crippen LogP contribution in [0, 0.1) is 0 Å². The van der Waals surface area contributed by atoms with Gasteiger partial charge in [-0.05, 0) is 128 Å². The van der Waals surface area contributed by atoms with E-state index in [4.69, 9.17) is 14.3 Å². The minimum Gasteiger partial charge on any atom is -0.444 e. The van der Waals surface area contributed by atoms with Gasteiger partial charge in [-0.2, -0.15) is 5.06 Å². The summed E-state index contributed by atoms with van der Waals surface area (Å²) in [6.45, 7) is 6.13. The molecule has 0 radical (unpaired) electrons. The Balaban J connectivity index is 1.09. The number of nitrogens with zero attached hydrogens (tertiary/aromatic N) is 1. The molecule has 254 valence electrons. The van der Waals surface area contributed by atoms with Gasteiger partial charge in [0.1, 0.15) is 5.60 Å². The van der Waals surface area contributed by atoms with Crippen molar-refractivity contribution in [2.75, 3.05) is 18.2 Å². The van der Waals surface area contributed by atoms with Gasteiger partial charge in [-0.25, -0.2) is 9.63 Å². The summed E-state index contributed by atoms with van der Waals surface area (Å²) in [7, 11) is 0. The maximum absolute atomic E-state index is 13.5. The molecule has 2 amide bonds. The molecule has 49 heavy (non-hydrogen) atoms. The number of alkyl carbamates (subject to hydrolysis) is 1. The number of aryl methyl sites for hydroxylation is 1. The van der Waals surface area contributed by atoms with E-state index in [1.54, 1.807) is 32.1 Å². The predicted octanol–water partition coefficient (Wildman–Crippen LogP) is 9.37. The fourth-order valence-electron chi connectivity index (χ4n) is 6.97. The molecule has 3 aromatic carbocycles. The van der Waals surface area contributed by atoms with Gasteiger partial charge >= 0.3 is 6.09 Å². The van der Waals surface area contributed by atoms with E-state index in [9.17, 15) is 9.59 Å². The third kappa shape index (κ3) is 7.67. The molecule has 1 N–H and O–H groups in total. The SMILES string of the molecule is CC(C)(C)OC(=O)NCCC(=O)N(OC1CCCCO1)c1cccc(-c2ccc(C3=Cc4ccc5c(c4CC3)CCc3ccccc3-5)s2)c1. The summed E-state index contributed by atoms with van der Waals surface area (Å²) in [4.78, 5) is 34.3. The van der Waals surface area contributed by atoms with Crippen molar-refractivity contribution >= 4 is 40.7 Å². The van der Waals surface area contributed by atoms with Gasteiger partial charge in [-0.15, -0.1) is 11.3 Å². The number of amides is 2. The minimum absolute atomic E-state index is 0.0463. The fraction of sp³-hybridized carbons (Fsp3) is 0.366. The van der Waals surface area contributed by atoms with Crippen LogP contribution in [0.15, 0.2) is 72.8 Å². The second-order valence-corrected chi connectivity index (χ2v) is 15.1. The highest BCUT2D eigenvalue weighted by Crippen LogP contribution is 2.42. The molecule has 1 fully saturated rings. The van der Waals surface area contributed by atoms with E-state index in [0.29, 0.717) is 18.7 Å². The van der Waals surface area contributed by atoms with Crippen molar-refractivity contribution in [3.63, 3.8) is 0 Å². The molecule has 0 spiro atoms. The van der Waals surface area contributed by atoms with Crippen LogP contribution >= 0.6 is 11.3 Å². The van der Waals surface area contributed by atoms with Gasteiger partial charge in [0.25, 0.3) is 5.91 Å². The molecule has 3 aliphatic rings. The summed E-state index contributed by atoms with van der Waals surface area (Å²) in [5.41, 5.74) is 11.0. The lowest BCUT2D eigenvalue weighted by Gasteiger charge is -2.29. The summed E-state index contributed by atoms with van der Waals surface area (Å²) in [5.74, 6) is -0.272. The Labute approximate surface area is 292 Å². The van der Waals surface area contributed by atoms with Gasteiger partial charge < -0.3 is 14.8 Å². The van der Waals surface area contributed by atoms with Crippen LogP contribution < -0.4 is 10.4 Å². The second kappa shape index (κ2) is 14.3. The maximum atomic E-state index is 13.5. The van der Waals surface area contributed by atoms with E-state index in [1.807, 2.05) is 18.2 Å². The van der Waals surface area contributed by atoms with Crippen molar-refractivity contribution in [3.8, 4) is 21.6 Å². The quantitative estimate of drug-likeness (QED) is 0.188. The van der Waals surface area contributed by atoms with Crippen LogP contribution in [0.1, 0.15) is 80.0 Å². The topological polar surface area (TPSA) is 77.1 Å². The highest BCUT2D eigenvalue weighted by molar-refractivity contribution is 7.16. The first-order valence-corrected chi connectivity index (χ1v) is 18.3. The Morgan fingerprint density at radius 1 is 0.898 bits per heavy atom. The van der Waals surface area contributed by atoms with Gasteiger partial charge in [0.05, 0.1) is 5.69 Å². The summed E-state index contributed by atoms with van der Waals surface area (Å²) >= 11 is 1.77. The smallest absolute Gasteiger partial charge is 0.407 e. The molecule has 7 nitrogen and oxygen atoms in total. The summed E-state index contributed by atoms with van der Waals surface area (Å²) in [5, 5.41) is 4.02. The van der Waals surface area contributed by atoms with E-state index in [-0.39, 0.29) is 18.9 Å². The molecule has 1 atom stereocenters. The Bertz CT molecular complexity index is 1880. The van der Waals surface area contributed by atoms with Crippen molar-refractivity contribution in [2.24, 2.45) is 0 Å². The van der Waals surface area contributed by atoms with Crippen LogP contribution in [0.25, 0.3) is 33.2 Å². The molecule has 0 bridgehead atoms. The van der Waals surface area contributed by atoms with E-state index < -0.39 is 18.0 Å². The number of carbonyl (C=O) groups excluding carboxylic acids is 2. The molecule has 1 saturated heterocycles. The van der Waals surface area contributed by atoms with Crippen LogP contribution in [-0.2, 0) is 38.4 Å². The van der Waals surface area contributed by atoms with Crippen molar-refractivity contribution in [2.45, 2.75) is 84.0 Å². The molecule has 1 aromatic heterocycles. The lowest BCUT2D eigenvalue weighted by Crippen LogP contribution is -2.40. The number of hydrogen-bond donors (Lipinski definition) is 1. The number of fused-ring (bicyclic) bond motifs is 5. The molecule has 7 rings (SSSR count). The first-order chi connectivity index (χ1) is 23.7. The molecule has 1 unspecified atom stereocenters. The highest BCUT2D eigenvalue weighted by Gasteiger charge is 2.26. The number of hydrogen-bond acceptors (Lipinski definition) is 6. The number of benzene rings is 3. The maximum Gasteiger partial charge on any atom is 0.407 e. The molecule has 4 aromatic rings. The minimum atomic E-state index is -0.616. The average Bonchev–Trinajstić information content (AvgIpc) is 3.60. The van der Waals surface area contributed by atoms with Gasteiger partial charge in [-0.1, -0.05) is 54.6 Å². The average molecular weight is 677 g/mol. The third-order valence-corrected chi connectivity index (χ3v) is 10.5. The Kier molecular flexibility index (Phi) is 9.72. The zero-order chi connectivity index (χ0) is 34.0. The van der Waals surface area contributed by atoms with Gasteiger partial charge in [0, 0.05) is 35.7 Å². The van der Waals surface area contributed by atoms with Crippen molar-refractivity contribution < 1.29 is 23.9 Å². The van der Waals surface area contributed by atoms with Crippen LogP contribution in [-0.4, -0.2) is 37.0 Å². The van der Waals surface area contributed by atoms with Crippen molar-refractivity contribution in [1.29, 1.82) is 0 Å². The van der Waals surface area contributed by atoms with Crippen LogP contribution in [0.2, 0.25) is 0 Å². The summed E-state index contributed by atoms with van der Waals surface area (Å²) in [6.07, 6.45) is 8.31. The van der Waals surface area contributed by atoms with Gasteiger partial charge in [-0.3, -0.25) is 4.79 Å². The molecule has 0 saturated carbocycles. The molecular formula is C41H44N2O5S. The molecule has 8 heteroatoms. The van der Waals surface area contributed by atoms with E-state index >= 15 is 0 Å². The number of nitrogens with one attached hydrogen (secondary N) is 1. The highest BCUT2D eigenvalue weighted by atomic mass is 32.1. The summed E-state index contributed by atoms with van der Waals surface area (Å²) in [6, 6.07) is 25.7. The van der Waals surface area contributed by atoms with E-state index in [1.165, 1.54) is 48.9 Å². The fourth-order valence-corrected chi connectivity index (χ4v) is 8.01. The van der Waals surface area contributed by atoms with E-state index in [2.05, 4.69) is 66.0 Å². The number of thiophene rings is 1. The van der Waals surface area contributed by atoms with E-state index in [0.717, 1.165) is 49.0 Å². The number of anilines is 1. The molecular weight excluding hydrogens is 633 g/mol. The zero-order valence-corrected chi connectivity index (χ0v) is 29.4. The van der Waals surface area contributed by atoms with Crippen LogP contribution in [0.3, 0.4) is 0 Å². The number of allylic oxidation sites excluding steroid dienone is 1. The number of hydroxylamine groups is 1. The van der Waals surface area contributed by atoms with Gasteiger partial charge in [0.2, 0.25) is 0 Å². The normalized spacial score (nSPS) is 16.9. The lowest BCUT2D eigenvalue weighted by atomic mass is 9.78. The van der Waals surface area contributed by atoms with Crippen LogP contribution in [0.5, 0.6) is 0 Å². The predicted molar refractivity (Wildman–Crippen MR) is 196 cm³/mol. The first-order valence-electron chi connectivity index (χ1n) is 17.4. The number of ether oxygens (including phenoxy) is 2. The summed E-state index contributed by atoms with van der Waals surface area (Å²) < 4.78 is 11.1. The van der Waals surface area contributed by atoms with Crippen LogP contribution in [0.4, 0.5) is 10.5 Å². The first kappa shape index (κ1) is 33.3. The van der Waals surface area contributed by atoms with Crippen molar-refractivity contribution in [1.82, 2.24) is 5.32 Å². The third-order valence-electron chi connectivity index (χ3n) is 9.28. The Morgan fingerprint density at radius 2 is 1.73 bits per heavy atom. The molecule has 1 aliphatic heterocycles. The standard InChI is InChI=1S/C41H44N2O5S/c1-41(2,3)47-40(45)42-23-22-38(44)43(48-39-13-6-7-24-46-39)31-11-8-10-29(26-31)36-20-21-37(49-36)30-16-17-33-28(25-30)15-19-34-32-12-5-4-9-27(32)14-18-35(33)34/h4-5,8-12,15,19-21,25-26,39H,6-7,13-14,16-18,22-24H2,1-3H3,(H,42,45). The lowest BCUT2D eigenvalue weighted by molar-refractivity contribution is -0.177. The Morgan fingerprint density at radius 3 is 2.57 bits per heavy atom.